The maximum atomic E-state index is 13.5. The number of imidazole rings is 2. The number of benzene rings is 1. The summed E-state index contributed by atoms with van der Waals surface area (Å²) in [5.74, 6) is -0.413. The summed E-state index contributed by atoms with van der Waals surface area (Å²) in [5, 5.41) is 8.93. The molecule has 166 valence electrons. The molecule has 0 aliphatic carbocycles. The number of carbonyl (C=O) groups excluding carboxylic acids is 1. The minimum Gasteiger partial charge on any atom is -0.298 e. The van der Waals surface area contributed by atoms with Crippen molar-refractivity contribution in [2.75, 3.05) is 0 Å². The number of ketones is 1. The minimum absolute atomic E-state index is 0.107. The highest BCUT2D eigenvalue weighted by Crippen LogP contribution is 2.32. The molecule has 0 aliphatic rings. The number of nitrogens with zero attached hydrogens (tertiary/aromatic N) is 7. The highest BCUT2D eigenvalue weighted by Gasteiger charge is 2.19. The van der Waals surface area contributed by atoms with Gasteiger partial charge in [-0.25, -0.2) is 18.9 Å². The Morgan fingerprint density at radius 3 is 2.56 bits per heavy atom. The first-order chi connectivity index (χ1) is 16.5. The molecule has 8 nitrogen and oxygen atoms in total. The van der Waals surface area contributed by atoms with E-state index < -0.39 is 0 Å². The molecule has 9 heteroatoms. The summed E-state index contributed by atoms with van der Waals surface area (Å²) in [7, 11) is 1.77. The van der Waals surface area contributed by atoms with Crippen molar-refractivity contribution in [1.29, 1.82) is 0 Å². The molecule has 0 atom stereocenters. The summed E-state index contributed by atoms with van der Waals surface area (Å²) in [5.41, 5.74) is 5.34. The summed E-state index contributed by atoms with van der Waals surface area (Å²) < 4.78 is 18.7. The van der Waals surface area contributed by atoms with Crippen LogP contribution in [-0.2, 0) is 13.5 Å². The first-order valence-electron chi connectivity index (χ1n) is 10.7. The summed E-state index contributed by atoms with van der Waals surface area (Å²) in [6.07, 6.45) is 5.54. The normalized spacial score (nSPS) is 11.5. The van der Waals surface area contributed by atoms with E-state index in [1.54, 1.807) is 46.8 Å². The van der Waals surface area contributed by atoms with Gasteiger partial charge in [-0.15, -0.1) is 0 Å². The zero-order valence-corrected chi connectivity index (χ0v) is 18.1. The number of pyridine rings is 1. The lowest BCUT2D eigenvalue weighted by Gasteiger charge is -2.05. The van der Waals surface area contributed by atoms with Crippen molar-refractivity contribution in [3.8, 4) is 22.6 Å². The second kappa shape index (κ2) is 7.73. The predicted molar refractivity (Wildman–Crippen MR) is 124 cm³/mol. The second-order valence-corrected chi connectivity index (χ2v) is 7.97. The van der Waals surface area contributed by atoms with Crippen LogP contribution < -0.4 is 0 Å². The van der Waals surface area contributed by atoms with E-state index in [9.17, 15) is 9.18 Å². The van der Waals surface area contributed by atoms with Crippen LogP contribution >= 0.6 is 0 Å². The third kappa shape index (κ3) is 3.43. The molecule has 0 N–H and O–H groups in total. The minimum atomic E-state index is -0.306. The summed E-state index contributed by atoms with van der Waals surface area (Å²) in [6, 6.07) is 17.4. The smallest absolute Gasteiger partial charge is 0.189 e. The van der Waals surface area contributed by atoms with Crippen LogP contribution in [0.5, 0.6) is 0 Å². The zero-order chi connectivity index (χ0) is 23.2. The molecule has 6 aromatic rings. The van der Waals surface area contributed by atoms with Crippen molar-refractivity contribution in [2.45, 2.75) is 6.42 Å². The maximum Gasteiger partial charge on any atom is 0.189 e. The Morgan fingerprint density at radius 1 is 0.912 bits per heavy atom. The first-order valence-corrected chi connectivity index (χ1v) is 10.7. The van der Waals surface area contributed by atoms with Gasteiger partial charge < -0.3 is 0 Å². The van der Waals surface area contributed by atoms with E-state index in [2.05, 4.69) is 10.1 Å². The van der Waals surface area contributed by atoms with Crippen LogP contribution in [0, 0.1) is 5.82 Å². The number of hydrogen-bond acceptors (Lipinski definition) is 5. The number of Topliss-reactive ketones (excluding diaryl/α,β-unsaturated/α-hetero) is 1. The van der Waals surface area contributed by atoms with Crippen LogP contribution in [0.15, 0.2) is 79.3 Å². The molecule has 0 aliphatic heterocycles. The van der Waals surface area contributed by atoms with Gasteiger partial charge in [0.2, 0.25) is 0 Å². The van der Waals surface area contributed by atoms with E-state index in [1.165, 1.54) is 12.1 Å². The van der Waals surface area contributed by atoms with Crippen LogP contribution in [0.25, 0.3) is 33.9 Å². The second-order valence-electron chi connectivity index (χ2n) is 7.97. The molecule has 0 bridgehead atoms. The summed E-state index contributed by atoms with van der Waals surface area (Å²) in [6.45, 7) is 0. The number of hydrogen-bond donors (Lipinski definition) is 0. The standard InChI is InChI=1S/C25H18FN7O/c1-31-13-11-19(29-31)21(34)14-18-15-33-23(27-18)10-9-20(30-33)25-24(16-5-7-17(26)8-6-16)28-22-4-2-3-12-32(22)25/h2-13,15H,14H2,1H3. The fraction of sp³-hybridized carbons (Fsp3) is 0.0800. The molecule has 0 spiro atoms. The van der Waals surface area contributed by atoms with Crippen LogP contribution in [0.3, 0.4) is 0 Å². The number of fused-ring (bicyclic) bond motifs is 2. The Labute approximate surface area is 192 Å². The summed E-state index contributed by atoms with van der Waals surface area (Å²) >= 11 is 0. The number of aromatic nitrogens is 7. The average molecular weight is 451 g/mol. The van der Waals surface area contributed by atoms with Gasteiger partial charge in [-0.2, -0.15) is 10.2 Å². The fourth-order valence-corrected chi connectivity index (χ4v) is 4.01. The van der Waals surface area contributed by atoms with Gasteiger partial charge in [-0.05, 0) is 54.6 Å². The van der Waals surface area contributed by atoms with Crippen LogP contribution in [0.2, 0.25) is 0 Å². The van der Waals surface area contributed by atoms with Gasteiger partial charge in [0.05, 0.1) is 24.0 Å². The Balaban J connectivity index is 1.43. The van der Waals surface area contributed by atoms with Gasteiger partial charge in [-0.3, -0.25) is 13.9 Å². The number of carbonyl (C=O) groups is 1. The largest absolute Gasteiger partial charge is 0.298 e. The Kier molecular flexibility index (Phi) is 4.54. The van der Waals surface area contributed by atoms with Gasteiger partial charge in [-0.1, -0.05) is 6.07 Å². The van der Waals surface area contributed by atoms with Crippen LogP contribution in [-0.4, -0.2) is 39.5 Å². The van der Waals surface area contributed by atoms with Gasteiger partial charge in [0.1, 0.15) is 28.5 Å². The highest BCUT2D eigenvalue weighted by molar-refractivity contribution is 5.95. The zero-order valence-electron chi connectivity index (χ0n) is 18.1. The first kappa shape index (κ1) is 20.0. The lowest BCUT2D eigenvalue weighted by atomic mass is 10.1. The average Bonchev–Trinajstić information content (AvgIpc) is 3.55. The molecule has 1 aromatic carbocycles. The van der Waals surface area contributed by atoms with Gasteiger partial charge >= 0.3 is 0 Å². The van der Waals surface area contributed by atoms with Crippen molar-refractivity contribution in [1.82, 2.24) is 33.8 Å². The quantitative estimate of drug-likeness (QED) is 0.370. The van der Waals surface area contributed by atoms with Gasteiger partial charge in [0.15, 0.2) is 11.4 Å². The molecule has 5 aromatic heterocycles. The number of rotatable bonds is 5. The predicted octanol–water partition coefficient (Wildman–Crippen LogP) is 4.01. The molecule has 34 heavy (non-hydrogen) atoms. The topological polar surface area (TPSA) is 82.4 Å². The number of aryl methyl sites for hydroxylation is 1. The van der Waals surface area contributed by atoms with E-state index in [0.717, 1.165) is 16.9 Å². The third-order valence-corrected chi connectivity index (χ3v) is 5.60. The SMILES string of the molecule is Cn1ccc(C(=O)Cc2cn3nc(-c4c(-c5ccc(F)cc5)nc5ccccn45)ccc3n2)n1. The summed E-state index contributed by atoms with van der Waals surface area (Å²) in [4.78, 5) is 21.9. The Morgan fingerprint density at radius 2 is 1.76 bits per heavy atom. The lowest BCUT2D eigenvalue weighted by Crippen LogP contribution is -2.05. The molecule has 0 unspecified atom stereocenters. The van der Waals surface area contributed by atoms with Crippen molar-refractivity contribution in [3.63, 3.8) is 0 Å². The van der Waals surface area contributed by atoms with Crippen molar-refractivity contribution >= 4 is 17.1 Å². The van der Waals surface area contributed by atoms with Crippen molar-refractivity contribution in [2.24, 2.45) is 7.05 Å². The van der Waals surface area contributed by atoms with Crippen molar-refractivity contribution in [3.05, 3.63) is 96.5 Å². The molecule has 0 fully saturated rings. The fourth-order valence-electron chi connectivity index (χ4n) is 4.01. The maximum absolute atomic E-state index is 13.5. The van der Waals surface area contributed by atoms with Crippen LogP contribution in [0.4, 0.5) is 4.39 Å². The van der Waals surface area contributed by atoms with Gasteiger partial charge in [0, 0.05) is 25.0 Å². The van der Waals surface area contributed by atoms with E-state index >= 15 is 0 Å². The van der Waals surface area contributed by atoms with Gasteiger partial charge in [0.25, 0.3) is 0 Å². The van der Waals surface area contributed by atoms with Crippen LogP contribution in [0.1, 0.15) is 16.2 Å². The number of halogens is 1. The highest BCUT2D eigenvalue weighted by atomic mass is 19.1. The van der Waals surface area contributed by atoms with E-state index in [1.807, 2.05) is 40.9 Å². The molecular formula is C25H18FN7O. The monoisotopic (exact) mass is 451 g/mol. The molecular weight excluding hydrogens is 433 g/mol. The molecule has 0 radical (unpaired) electrons. The molecule has 0 saturated heterocycles. The molecule has 5 heterocycles. The molecule has 0 amide bonds. The van der Waals surface area contributed by atoms with E-state index in [0.29, 0.717) is 28.4 Å². The lowest BCUT2D eigenvalue weighted by molar-refractivity contribution is 0.0986. The van der Waals surface area contributed by atoms with E-state index in [-0.39, 0.29) is 18.0 Å². The third-order valence-electron chi connectivity index (χ3n) is 5.60. The molecule has 6 rings (SSSR count). The molecule has 0 saturated carbocycles. The van der Waals surface area contributed by atoms with E-state index in [4.69, 9.17) is 10.1 Å². The Hall–Kier alpha value is -4.66. The Bertz CT molecular complexity index is 1680. The van der Waals surface area contributed by atoms with Crippen molar-refractivity contribution < 1.29 is 9.18 Å².